The van der Waals surface area contributed by atoms with Crippen LogP contribution in [-0.2, 0) is 9.59 Å². The van der Waals surface area contributed by atoms with Crippen LogP contribution in [0.5, 0.6) is 17.2 Å². The van der Waals surface area contributed by atoms with Crippen LogP contribution >= 0.6 is 12.2 Å². The Morgan fingerprint density at radius 2 is 2.00 bits per heavy atom. The third-order valence-electron chi connectivity index (χ3n) is 3.33. The van der Waals surface area contributed by atoms with Crippen LogP contribution in [-0.4, -0.2) is 42.8 Å². The van der Waals surface area contributed by atoms with Gasteiger partial charge in [-0.15, -0.1) is 0 Å². The van der Waals surface area contributed by atoms with Gasteiger partial charge in [0, 0.05) is 18.7 Å². The van der Waals surface area contributed by atoms with E-state index < -0.39 is 11.8 Å². The molecule has 0 radical (unpaired) electrons. The first kappa shape index (κ1) is 14.3. The van der Waals surface area contributed by atoms with Crippen LogP contribution in [0.4, 0.5) is 0 Å². The van der Waals surface area contributed by atoms with Crippen molar-refractivity contribution < 1.29 is 23.8 Å². The van der Waals surface area contributed by atoms with Crippen molar-refractivity contribution in [1.29, 1.82) is 0 Å². The van der Waals surface area contributed by atoms with Gasteiger partial charge in [-0.2, -0.15) is 0 Å². The molecule has 1 aromatic rings. The first-order chi connectivity index (χ1) is 10.5. The van der Waals surface area contributed by atoms with E-state index in [1.165, 1.54) is 25.1 Å². The largest absolute Gasteiger partial charge is 0.496 e. The Balaban J connectivity index is 2.06. The minimum atomic E-state index is -0.548. The molecule has 0 spiro atoms. The second-order valence-corrected chi connectivity index (χ2v) is 5.02. The molecule has 0 bridgehead atoms. The number of carbonyl (C=O) groups is 2. The van der Waals surface area contributed by atoms with E-state index >= 15 is 0 Å². The van der Waals surface area contributed by atoms with Crippen LogP contribution in [0.2, 0.25) is 0 Å². The molecule has 114 valence electrons. The summed E-state index contributed by atoms with van der Waals surface area (Å²) in [5.74, 6) is 0.520. The van der Waals surface area contributed by atoms with E-state index in [9.17, 15) is 9.59 Å². The number of fused-ring (bicyclic) bond motifs is 1. The van der Waals surface area contributed by atoms with Gasteiger partial charge in [-0.05, 0) is 24.4 Å². The summed E-state index contributed by atoms with van der Waals surface area (Å²) in [5.41, 5.74) is 0.500. The van der Waals surface area contributed by atoms with Crippen molar-refractivity contribution in [2.75, 3.05) is 21.0 Å². The quantitative estimate of drug-likeness (QED) is 0.491. The number of nitrogens with one attached hydrogen (secondary N) is 1. The van der Waals surface area contributed by atoms with E-state index in [-0.39, 0.29) is 17.5 Å². The number of benzene rings is 1. The Morgan fingerprint density at radius 1 is 1.32 bits per heavy atom. The van der Waals surface area contributed by atoms with Gasteiger partial charge in [0.05, 0.1) is 7.11 Å². The van der Waals surface area contributed by atoms with Gasteiger partial charge in [0.1, 0.15) is 11.3 Å². The molecular formula is C14H12N2O5S. The van der Waals surface area contributed by atoms with Gasteiger partial charge < -0.3 is 14.2 Å². The number of hydrogen-bond donors (Lipinski definition) is 1. The van der Waals surface area contributed by atoms with Gasteiger partial charge in [0.2, 0.25) is 6.79 Å². The highest BCUT2D eigenvalue weighted by Gasteiger charge is 2.31. The molecule has 22 heavy (non-hydrogen) atoms. The molecule has 2 amide bonds. The number of methoxy groups -OCH3 is 1. The van der Waals surface area contributed by atoms with E-state index in [4.69, 9.17) is 26.4 Å². The van der Waals surface area contributed by atoms with Crippen LogP contribution in [0.15, 0.2) is 17.7 Å². The van der Waals surface area contributed by atoms with Crippen molar-refractivity contribution in [2.45, 2.75) is 0 Å². The summed E-state index contributed by atoms with van der Waals surface area (Å²) in [6.45, 7) is 0.120. The molecule has 7 nitrogen and oxygen atoms in total. The van der Waals surface area contributed by atoms with Gasteiger partial charge >= 0.3 is 0 Å². The van der Waals surface area contributed by atoms with Gasteiger partial charge in [0.15, 0.2) is 16.6 Å². The zero-order valence-electron chi connectivity index (χ0n) is 11.8. The van der Waals surface area contributed by atoms with E-state index in [0.29, 0.717) is 22.8 Å². The highest BCUT2D eigenvalue weighted by molar-refractivity contribution is 7.80. The number of nitrogens with zero attached hydrogens (tertiary/aromatic N) is 1. The molecule has 1 N–H and O–H groups in total. The Labute approximate surface area is 131 Å². The van der Waals surface area contributed by atoms with Crippen LogP contribution < -0.4 is 19.5 Å². The van der Waals surface area contributed by atoms with Gasteiger partial charge in [-0.1, -0.05) is 0 Å². The number of ether oxygens (including phenoxy) is 3. The summed E-state index contributed by atoms with van der Waals surface area (Å²) in [5, 5.41) is 2.53. The Kier molecular flexibility index (Phi) is 3.45. The van der Waals surface area contributed by atoms with E-state index in [2.05, 4.69) is 5.32 Å². The molecule has 0 atom stereocenters. The molecule has 1 fully saturated rings. The van der Waals surface area contributed by atoms with Crippen LogP contribution in [0, 0.1) is 0 Å². The van der Waals surface area contributed by atoms with Gasteiger partial charge in [-0.3, -0.25) is 19.8 Å². The second kappa shape index (κ2) is 5.30. The summed E-state index contributed by atoms with van der Waals surface area (Å²) in [6, 6.07) is 3.30. The van der Waals surface area contributed by atoms with Crippen molar-refractivity contribution in [3.05, 3.63) is 23.3 Å². The third kappa shape index (κ3) is 2.27. The fourth-order valence-corrected chi connectivity index (χ4v) is 2.31. The molecule has 0 saturated carbocycles. The molecule has 1 aromatic carbocycles. The maximum atomic E-state index is 12.2. The number of carbonyl (C=O) groups excluding carboxylic acids is 2. The van der Waals surface area contributed by atoms with Crippen LogP contribution in [0.1, 0.15) is 5.56 Å². The molecule has 0 aliphatic carbocycles. The molecule has 0 unspecified atom stereocenters. The van der Waals surface area contributed by atoms with Gasteiger partial charge in [0.25, 0.3) is 11.8 Å². The zero-order chi connectivity index (χ0) is 15.9. The molecule has 2 aliphatic rings. The van der Waals surface area contributed by atoms with Crippen molar-refractivity contribution >= 4 is 35.2 Å². The summed E-state index contributed by atoms with van der Waals surface area (Å²) in [4.78, 5) is 25.4. The summed E-state index contributed by atoms with van der Waals surface area (Å²) < 4.78 is 15.8. The second-order valence-electron chi connectivity index (χ2n) is 4.63. The van der Waals surface area contributed by atoms with E-state index in [0.717, 1.165) is 0 Å². The van der Waals surface area contributed by atoms with Crippen molar-refractivity contribution in [2.24, 2.45) is 0 Å². The normalized spacial score (nSPS) is 18.7. The van der Waals surface area contributed by atoms with E-state index in [1.807, 2.05) is 0 Å². The third-order valence-corrected chi connectivity index (χ3v) is 3.71. The fraction of sp³-hybridized carbons (Fsp3) is 0.214. The average molecular weight is 320 g/mol. The molecule has 0 aromatic heterocycles. The van der Waals surface area contributed by atoms with Crippen molar-refractivity contribution in [3.63, 3.8) is 0 Å². The summed E-state index contributed by atoms with van der Waals surface area (Å²) >= 11 is 4.90. The lowest BCUT2D eigenvalue weighted by Gasteiger charge is -2.25. The molecular weight excluding hydrogens is 308 g/mol. The van der Waals surface area contributed by atoms with Crippen molar-refractivity contribution in [3.8, 4) is 17.2 Å². The monoisotopic (exact) mass is 320 g/mol. The number of hydrogen-bond acceptors (Lipinski definition) is 6. The number of likely N-dealkylation sites (N-methyl/N-ethyl adjacent to an activating group) is 1. The van der Waals surface area contributed by atoms with Crippen molar-refractivity contribution in [1.82, 2.24) is 10.2 Å². The predicted octanol–water partition coefficient (Wildman–Crippen LogP) is 0.680. The zero-order valence-corrected chi connectivity index (χ0v) is 12.7. The van der Waals surface area contributed by atoms with Crippen LogP contribution in [0.3, 0.4) is 0 Å². The van der Waals surface area contributed by atoms with Gasteiger partial charge in [-0.25, -0.2) is 0 Å². The SMILES string of the molecule is COc1cc2c(cc1/C=C1\C(=O)NC(=S)N(C)C1=O)OCO2. The number of amides is 2. The molecule has 1 saturated heterocycles. The highest BCUT2D eigenvalue weighted by atomic mass is 32.1. The minimum Gasteiger partial charge on any atom is -0.496 e. The molecule has 2 aliphatic heterocycles. The molecule has 2 heterocycles. The van der Waals surface area contributed by atoms with E-state index in [1.54, 1.807) is 12.1 Å². The first-order valence-corrected chi connectivity index (χ1v) is 6.75. The van der Waals surface area contributed by atoms with Crippen LogP contribution in [0.25, 0.3) is 6.08 Å². The maximum absolute atomic E-state index is 12.2. The smallest absolute Gasteiger partial charge is 0.265 e. The predicted molar refractivity (Wildman–Crippen MR) is 80.6 cm³/mol. The topological polar surface area (TPSA) is 77.1 Å². The molecule has 8 heteroatoms. The minimum absolute atomic E-state index is 0.0340. The number of thiocarbonyl (C=S) groups is 1. The summed E-state index contributed by atoms with van der Waals surface area (Å²) in [7, 11) is 2.98. The standard InChI is InChI=1S/C14H12N2O5S/c1-16-13(18)8(12(17)15-14(16)22)3-7-4-10-11(21-6-20-10)5-9(7)19-2/h3-5H,6H2,1-2H3,(H,15,17,22)/b8-3+. The lowest BCUT2D eigenvalue weighted by molar-refractivity contribution is -0.128. The Hall–Kier alpha value is -2.61. The first-order valence-electron chi connectivity index (χ1n) is 6.34. The lowest BCUT2D eigenvalue weighted by atomic mass is 10.1. The lowest BCUT2D eigenvalue weighted by Crippen LogP contribution is -2.52. The highest BCUT2D eigenvalue weighted by Crippen LogP contribution is 2.39. The number of rotatable bonds is 2. The Bertz CT molecular complexity index is 728. The maximum Gasteiger partial charge on any atom is 0.265 e. The summed E-state index contributed by atoms with van der Waals surface area (Å²) in [6.07, 6.45) is 1.44. The Morgan fingerprint density at radius 3 is 2.68 bits per heavy atom. The average Bonchev–Trinajstić information content (AvgIpc) is 2.95. The fourth-order valence-electron chi connectivity index (χ4n) is 2.13. The molecule has 3 rings (SSSR count).